The molecule has 0 saturated carbocycles. The second kappa shape index (κ2) is 5.54. The van der Waals surface area contributed by atoms with Gasteiger partial charge in [0.1, 0.15) is 11.5 Å². The molecule has 0 radical (unpaired) electrons. The minimum atomic E-state index is -4.44. The summed E-state index contributed by atoms with van der Waals surface area (Å²) in [5.74, 6) is 0.183. The number of hydrogen-bond acceptors (Lipinski definition) is 2. The maximum atomic E-state index is 12.9. The van der Waals surface area contributed by atoms with Crippen LogP contribution in [0.15, 0.2) is 42.5 Å². The molecule has 0 heterocycles. The van der Waals surface area contributed by atoms with Gasteiger partial charge in [-0.3, -0.25) is 0 Å². The van der Waals surface area contributed by atoms with Gasteiger partial charge >= 0.3 is 6.18 Å². The summed E-state index contributed by atoms with van der Waals surface area (Å²) in [6.07, 6.45) is -4.44. The first kappa shape index (κ1) is 14.4. The predicted octanol–water partition coefficient (Wildman–Crippen LogP) is 4.26. The van der Waals surface area contributed by atoms with Crippen molar-refractivity contribution in [2.75, 3.05) is 0 Å². The van der Waals surface area contributed by atoms with Gasteiger partial charge < -0.3 is 10.5 Å². The lowest BCUT2D eigenvalue weighted by Crippen LogP contribution is -2.07. The van der Waals surface area contributed by atoms with Crippen LogP contribution in [-0.2, 0) is 12.7 Å². The number of hydrogen-bond donors (Lipinski definition) is 1. The summed E-state index contributed by atoms with van der Waals surface area (Å²) < 4.78 is 44.0. The second-order valence-electron chi connectivity index (χ2n) is 4.40. The Morgan fingerprint density at radius 2 is 1.75 bits per heavy atom. The molecule has 2 nitrogen and oxygen atoms in total. The predicted molar refractivity (Wildman–Crippen MR) is 70.6 cm³/mol. The molecule has 2 rings (SSSR count). The maximum absolute atomic E-state index is 12.9. The van der Waals surface area contributed by atoms with Crippen molar-refractivity contribution in [1.29, 1.82) is 0 Å². The highest BCUT2D eigenvalue weighted by molar-refractivity contribution is 5.43. The smallest absolute Gasteiger partial charge is 0.419 e. The molecule has 0 spiro atoms. The Morgan fingerprint density at radius 3 is 2.35 bits per heavy atom. The minimum Gasteiger partial charge on any atom is -0.456 e. The van der Waals surface area contributed by atoms with E-state index >= 15 is 0 Å². The quantitative estimate of drug-likeness (QED) is 0.912. The molecule has 0 fully saturated rings. The molecule has 20 heavy (non-hydrogen) atoms. The first-order chi connectivity index (χ1) is 9.41. The van der Waals surface area contributed by atoms with Gasteiger partial charge in [0.15, 0.2) is 0 Å². The molecule has 0 atom stereocenters. The number of aryl methyl sites for hydroxylation is 1. The molecule has 2 N–H and O–H groups in total. The largest absolute Gasteiger partial charge is 0.456 e. The molecule has 0 aromatic heterocycles. The standard InChI is InChI=1S/C15H14F3NO/c1-10-8-11(9-19)6-7-13(10)20-14-5-3-2-4-12(14)15(16,17)18/h2-8H,9,19H2,1H3. The number of halogens is 3. The molecule has 0 bridgehead atoms. The third-order valence-corrected chi connectivity index (χ3v) is 2.89. The fourth-order valence-corrected chi connectivity index (χ4v) is 1.86. The van der Waals surface area contributed by atoms with Crippen LogP contribution in [-0.4, -0.2) is 0 Å². The summed E-state index contributed by atoms with van der Waals surface area (Å²) >= 11 is 0. The van der Waals surface area contributed by atoms with E-state index < -0.39 is 11.7 Å². The minimum absolute atomic E-state index is 0.205. The highest BCUT2D eigenvalue weighted by Gasteiger charge is 2.34. The van der Waals surface area contributed by atoms with E-state index in [4.69, 9.17) is 10.5 Å². The van der Waals surface area contributed by atoms with Crippen LogP contribution in [0.3, 0.4) is 0 Å². The van der Waals surface area contributed by atoms with Crippen LogP contribution >= 0.6 is 0 Å². The van der Waals surface area contributed by atoms with Crippen molar-refractivity contribution in [1.82, 2.24) is 0 Å². The summed E-state index contributed by atoms with van der Waals surface area (Å²) in [6, 6.07) is 10.3. The highest BCUT2D eigenvalue weighted by atomic mass is 19.4. The first-order valence-electron chi connectivity index (χ1n) is 6.05. The van der Waals surface area contributed by atoms with Crippen LogP contribution < -0.4 is 10.5 Å². The summed E-state index contributed by atoms with van der Waals surface area (Å²) in [7, 11) is 0. The Bertz CT molecular complexity index is 608. The third-order valence-electron chi connectivity index (χ3n) is 2.89. The Morgan fingerprint density at radius 1 is 1.05 bits per heavy atom. The number of nitrogens with two attached hydrogens (primary N) is 1. The van der Waals surface area contributed by atoms with Crippen molar-refractivity contribution in [2.24, 2.45) is 5.73 Å². The van der Waals surface area contributed by atoms with Crippen LogP contribution in [0.1, 0.15) is 16.7 Å². The Labute approximate surface area is 115 Å². The number of alkyl halides is 3. The van der Waals surface area contributed by atoms with E-state index in [2.05, 4.69) is 0 Å². The SMILES string of the molecule is Cc1cc(CN)ccc1Oc1ccccc1C(F)(F)F. The summed E-state index contributed by atoms with van der Waals surface area (Å²) in [4.78, 5) is 0. The molecule has 0 unspecified atom stereocenters. The number of benzene rings is 2. The van der Waals surface area contributed by atoms with E-state index in [0.29, 0.717) is 12.3 Å². The summed E-state index contributed by atoms with van der Waals surface area (Å²) in [6.45, 7) is 2.14. The van der Waals surface area contributed by atoms with Crippen LogP contribution in [0.2, 0.25) is 0 Å². The Kier molecular flexibility index (Phi) is 3.99. The van der Waals surface area contributed by atoms with Gasteiger partial charge in [0.25, 0.3) is 0 Å². The van der Waals surface area contributed by atoms with Crippen molar-refractivity contribution in [3.8, 4) is 11.5 Å². The van der Waals surface area contributed by atoms with Gasteiger partial charge in [0, 0.05) is 6.54 Å². The zero-order chi connectivity index (χ0) is 14.8. The number of para-hydroxylation sites is 1. The highest BCUT2D eigenvalue weighted by Crippen LogP contribution is 2.38. The zero-order valence-corrected chi connectivity index (χ0v) is 10.9. The number of rotatable bonds is 3. The van der Waals surface area contributed by atoms with Crippen molar-refractivity contribution in [2.45, 2.75) is 19.6 Å². The Balaban J connectivity index is 2.36. The lowest BCUT2D eigenvalue weighted by atomic mass is 10.1. The number of ether oxygens (including phenoxy) is 1. The monoisotopic (exact) mass is 281 g/mol. The van der Waals surface area contributed by atoms with Crippen LogP contribution in [0.4, 0.5) is 13.2 Å². The molecule has 5 heteroatoms. The van der Waals surface area contributed by atoms with Gasteiger partial charge in [-0.25, -0.2) is 0 Å². The Hall–Kier alpha value is -2.01. The summed E-state index contributed by atoms with van der Waals surface area (Å²) in [5, 5.41) is 0. The fourth-order valence-electron chi connectivity index (χ4n) is 1.86. The van der Waals surface area contributed by atoms with Crippen LogP contribution in [0, 0.1) is 6.92 Å². The topological polar surface area (TPSA) is 35.2 Å². The zero-order valence-electron chi connectivity index (χ0n) is 10.9. The molecule has 0 aliphatic carbocycles. The molecule has 0 aliphatic rings. The van der Waals surface area contributed by atoms with Crippen LogP contribution in [0.5, 0.6) is 11.5 Å². The van der Waals surface area contributed by atoms with E-state index in [1.54, 1.807) is 25.1 Å². The van der Waals surface area contributed by atoms with E-state index in [1.165, 1.54) is 18.2 Å². The van der Waals surface area contributed by atoms with Gasteiger partial charge in [-0.2, -0.15) is 13.2 Å². The van der Waals surface area contributed by atoms with Crippen molar-refractivity contribution >= 4 is 0 Å². The normalized spacial score (nSPS) is 11.4. The van der Waals surface area contributed by atoms with Crippen molar-refractivity contribution in [3.63, 3.8) is 0 Å². The molecule has 0 amide bonds. The van der Waals surface area contributed by atoms with E-state index in [9.17, 15) is 13.2 Å². The maximum Gasteiger partial charge on any atom is 0.419 e. The summed E-state index contributed by atoms with van der Waals surface area (Å²) in [5.41, 5.74) is 6.37. The fraction of sp³-hybridized carbons (Fsp3) is 0.200. The molecular weight excluding hydrogens is 267 g/mol. The molecule has 2 aromatic rings. The van der Waals surface area contributed by atoms with Crippen molar-refractivity contribution < 1.29 is 17.9 Å². The van der Waals surface area contributed by atoms with Gasteiger partial charge in [-0.05, 0) is 36.2 Å². The second-order valence-corrected chi connectivity index (χ2v) is 4.40. The molecule has 2 aromatic carbocycles. The first-order valence-corrected chi connectivity index (χ1v) is 6.05. The third kappa shape index (κ3) is 3.11. The lowest BCUT2D eigenvalue weighted by Gasteiger charge is -2.15. The van der Waals surface area contributed by atoms with Gasteiger partial charge in [-0.1, -0.05) is 24.3 Å². The molecular formula is C15H14F3NO. The van der Waals surface area contributed by atoms with Crippen LogP contribution in [0.25, 0.3) is 0 Å². The van der Waals surface area contributed by atoms with Gasteiger partial charge in [0.2, 0.25) is 0 Å². The lowest BCUT2D eigenvalue weighted by molar-refractivity contribution is -0.138. The molecule has 106 valence electrons. The van der Waals surface area contributed by atoms with Crippen molar-refractivity contribution in [3.05, 3.63) is 59.2 Å². The average molecular weight is 281 g/mol. The van der Waals surface area contributed by atoms with Gasteiger partial charge in [-0.15, -0.1) is 0 Å². The van der Waals surface area contributed by atoms with E-state index in [0.717, 1.165) is 17.2 Å². The molecule has 0 saturated heterocycles. The van der Waals surface area contributed by atoms with Gasteiger partial charge in [0.05, 0.1) is 5.56 Å². The van der Waals surface area contributed by atoms with E-state index in [-0.39, 0.29) is 5.75 Å². The van der Waals surface area contributed by atoms with E-state index in [1.807, 2.05) is 0 Å². The molecule has 0 aliphatic heterocycles. The average Bonchev–Trinajstić information content (AvgIpc) is 2.40.